The molecular formula is C15H21F2NO. The molecule has 2 N–H and O–H groups in total. The first-order chi connectivity index (χ1) is 8.87. The quantitative estimate of drug-likeness (QED) is 0.880. The van der Waals surface area contributed by atoms with E-state index in [1.807, 2.05) is 0 Å². The van der Waals surface area contributed by atoms with Crippen LogP contribution in [0.25, 0.3) is 0 Å². The van der Waals surface area contributed by atoms with E-state index in [0.717, 1.165) is 25.0 Å². The second kappa shape index (κ2) is 5.55. The Hall–Kier alpha value is -1.00. The molecule has 0 aliphatic heterocycles. The second-order valence-electron chi connectivity index (χ2n) is 6.20. The van der Waals surface area contributed by atoms with Crippen LogP contribution in [0.3, 0.4) is 0 Å². The van der Waals surface area contributed by atoms with Gasteiger partial charge in [0.2, 0.25) is 0 Å². The topological polar surface area (TPSA) is 32.3 Å². The molecule has 0 saturated heterocycles. The minimum absolute atomic E-state index is 0.352. The van der Waals surface area contributed by atoms with Gasteiger partial charge in [0, 0.05) is 12.6 Å². The first-order valence-electron chi connectivity index (χ1n) is 6.74. The number of aliphatic hydroxyl groups is 1. The Labute approximate surface area is 112 Å². The second-order valence-corrected chi connectivity index (χ2v) is 6.20. The van der Waals surface area contributed by atoms with Gasteiger partial charge < -0.3 is 10.4 Å². The Kier molecular flexibility index (Phi) is 4.21. The van der Waals surface area contributed by atoms with Crippen molar-refractivity contribution in [1.29, 1.82) is 0 Å². The van der Waals surface area contributed by atoms with E-state index in [1.54, 1.807) is 0 Å². The van der Waals surface area contributed by atoms with Crippen LogP contribution in [-0.4, -0.2) is 17.7 Å². The molecule has 1 saturated carbocycles. The van der Waals surface area contributed by atoms with Gasteiger partial charge in [-0.25, -0.2) is 8.78 Å². The van der Waals surface area contributed by atoms with Gasteiger partial charge in [-0.1, -0.05) is 19.9 Å². The largest absolute Gasteiger partial charge is 0.387 e. The average molecular weight is 269 g/mol. The van der Waals surface area contributed by atoms with Crippen molar-refractivity contribution < 1.29 is 13.9 Å². The van der Waals surface area contributed by atoms with Crippen molar-refractivity contribution in [1.82, 2.24) is 5.32 Å². The Balaban J connectivity index is 1.87. The Morgan fingerprint density at radius 2 is 2.11 bits per heavy atom. The summed E-state index contributed by atoms with van der Waals surface area (Å²) in [7, 11) is 0. The third-order valence-corrected chi connectivity index (χ3v) is 3.90. The molecule has 0 aromatic heterocycles. The lowest BCUT2D eigenvalue weighted by molar-refractivity contribution is 0.168. The van der Waals surface area contributed by atoms with Gasteiger partial charge in [0.15, 0.2) is 11.6 Å². The highest BCUT2D eigenvalue weighted by Gasteiger charge is 2.30. The average Bonchev–Trinajstić information content (AvgIpc) is 2.69. The summed E-state index contributed by atoms with van der Waals surface area (Å²) in [5.41, 5.74) is 0.758. The number of rotatable bonds is 4. The normalized spacial score (nSPS) is 23.5. The molecule has 19 heavy (non-hydrogen) atoms. The van der Waals surface area contributed by atoms with Gasteiger partial charge in [0.05, 0.1) is 6.10 Å². The molecule has 2 rings (SSSR count). The number of benzene rings is 1. The number of aliphatic hydroxyl groups excluding tert-OH is 1. The van der Waals surface area contributed by atoms with Gasteiger partial charge in [-0.3, -0.25) is 0 Å². The van der Waals surface area contributed by atoms with Gasteiger partial charge in [-0.05, 0) is 42.4 Å². The van der Waals surface area contributed by atoms with Crippen LogP contribution in [0.2, 0.25) is 0 Å². The molecule has 1 aromatic rings. The highest BCUT2D eigenvalue weighted by atomic mass is 19.2. The highest BCUT2D eigenvalue weighted by Crippen LogP contribution is 2.37. The third-order valence-electron chi connectivity index (χ3n) is 3.90. The molecule has 0 heterocycles. The Bertz CT molecular complexity index is 448. The van der Waals surface area contributed by atoms with Crippen molar-refractivity contribution in [3.05, 3.63) is 35.4 Å². The zero-order valence-electron chi connectivity index (χ0n) is 11.4. The van der Waals surface area contributed by atoms with Gasteiger partial charge in [-0.2, -0.15) is 0 Å². The predicted octanol–water partition coefficient (Wildman–Crippen LogP) is 3.17. The number of halogens is 2. The number of hydrogen-bond acceptors (Lipinski definition) is 2. The monoisotopic (exact) mass is 269 g/mol. The highest BCUT2D eigenvalue weighted by molar-refractivity contribution is 5.20. The van der Waals surface area contributed by atoms with Crippen LogP contribution in [0.5, 0.6) is 0 Å². The first-order valence-corrected chi connectivity index (χ1v) is 6.74. The van der Waals surface area contributed by atoms with Gasteiger partial charge in [0.25, 0.3) is 0 Å². The molecule has 2 unspecified atom stereocenters. The van der Waals surface area contributed by atoms with Crippen molar-refractivity contribution in [3.63, 3.8) is 0 Å². The summed E-state index contributed by atoms with van der Waals surface area (Å²) in [4.78, 5) is 0. The summed E-state index contributed by atoms with van der Waals surface area (Å²) in [6.07, 6.45) is 2.54. The van der Waals surface area contributed by atoms with E-state index in [0.29, 0.717) is 23.6 Å². The van der Waals surface area contributed by atoms with Crippen molar-refractivity contribution in [2.45, 2.75) is 45.3 Å². The Morgan fingerprint density at radius 3 is 2.68 bits per heavy atom. The van der Waals surface area contributed by atoms with Crippen molar-refractivity contribution >= 4 is 0 Å². The minimum Gasteiger partial charge on any atom is -0.387 e. The summed E-state index contributed by atoms with van der Waals surface area (Å²) in [5, 5.41) is 13.3. The summed E-state index contributed by atoms with van der Waals surface area (Å²) in [6.45, 7) is 4.84. The van der Waals surface area contributed by atoms with E-state index in [2.05, 4.69) is 19.2 Å². The first kappa shape index (κ1) is 14.4. The van der Waals surface area contributed by atoms with E-state index < -0.39 is 17.7 Å². The molecule has 1 aromatic carbocycles. The standard InChI is InChI=1S/C15H21F2NO/c1-15(2)6-5-11(8-15)18-9-14(19)10-3-4-12(16)13(17)7-10/h3-4,7,11,14,18-19H,5-6,8-9H2,1-2H3. The van der Waals surface area contributed by atoms with Crippen molar-refractivity contribution in [3.8, 4) is 0 Å². The van der Waals surface area contributed by atoms with Crippen LogP contribution in [0, 0.1) is 17.0 Å². The summed E-state index contributed by atoms with van der Waals surface area (Å²) in [5.74, 6) is -1.81. The molecule has 2 atom stereocenters. The fraction of sp³-hybridized carbons (Fsp3) is 0.600. The van der Waals surface area contributed by atoms with Crippen LogP contribution in [-0.2, 0) is 0 Å². The molecule has 106 valence electrons. The molecule has 0 amide bonds. The van der Waals surface area contributed by atoms with E-state index in [1.165, 1.54) is 12.5 Å². The maximum absolute atomic E-state index is 13.1. The lowest BCUT2D eigenvalue weighted by Gasteiger charge is -2.19. The minimum atomic E-state index is -0.918. The van der Waals surface area contributed by atoms with Crippen LogP contribution in [0.4, 0.5) is 8.78 Å². The Morgan fingerprint density at radius 1 is 1.37 bits per heavy atom. The molecule has 4 heteroatoms. The van der Waals surface area contributed by atoms with Crippen LogP contribution >= 0.6 is 0 Å². The lowest BCUT2D eigenvalue weighted by atomic mass is 9.92. The maximum Gasteiger partial charge on any atom is 0.159 e. The zero-order chi connectivity index (χ0) is 14.0. The van der Waals surface area contributed by atoms with E-state index in [9.17, 15) is 13.9 Å². The van der Waals surface area contributed by atoms with E-state index in [-0.39, 0.29) is 0 Å². The molecule has 0 bridgehead atoms. The van der Waals surface area contributed by atoms with Crippen LogP contribution < -0.4 is 5.32 Å². The maximum atomic E-state index is 13.1. The number of nitrogens with one attached hydrogen (secondary N) is 1. The molecule has 2 nitrogen and oxygen atoms in total. The lowest BCUT2D eigenvalue weighted by Crippen LogP contribution is -2.31. The summed E-state index contributed by atoms with van der Waals surface area (Å²) < 4.78 is 25.9. The smallest absolute Gasteiger partial charge is 0.159 e. The van der Waals surface area contributed by atoms with Gasteiger partial charge in [-0.15, -0.1) is 0 Å². The molecule has 0 spiro atoms. The van der Waals surface area contributed by atoms with Gasteiger partial charge >= 0.3 is 0 Å². The van der Waals surface area contributed by atoms with Crippen LogP contribution in [0.1, 0.15) is 44.8 Å². The molecular weight excluding hydrogens is 248 g/mol. The van der Waals surface area contributed by atoms with E-state index in [4.69, 9.17) is 0 Å². The molecule has 1 aliphatic carbocycles. The molecule has 1 fully saturated rings. The SMILES string of the molecule is CC1(C)CCC(NCC(O)c2ccc(F)c(F)c2)C1. The van der Waals surface area contributed by atoms with Crippen molar-refractivity contribution in [2.24, 2.45) is 5.41 Å². The fourth-order valence-electron chi connectivity index (χ4n) is 2.73. The summed E-state index contributed by atoms with van der Waals surface area (Å²) in [6, 6.07) is 3.92. The fourth-order valence-corrected chi connectivity index (χ4v) is 2.73. The van der Waals surface area contributed by atoms with Crippen molar-refractivity contribution in [2.75, 3.05) is 6.54 Å². The van der Waals surface area contributed by atoms with E-state index >= 15 is 0 Å². The zero-order valence-corrected chi connectivity index (χ0v) is 11.4. The third kappa shape index (κ3) is 3.74. The number of hydrogen-bond donors (Lipinski definition) is 2. The van der Waals surface area contributed by atoms with Crippen LogP contribution in [0.15, 0.2) is 18.2 Å². The van der Waals surface area contributed by atoms with Gasteiger partial charge in [0.1, 0.15) is 0 Å². The molecule has 1 aliphatic rings. The molecule has 0 radical (unpaired) electrons. The summed E-state index contributed by atoms with van der Waals surface area (Å²) >= 11 is 0. The predicted molar refractivity (Wildman–Crippen MR) is 70.7 cm³/mol.